The van der Waals surface area contributed by atoms with Crippen LogP contribution >= 0.6 is 0 Å². The van der Waals surface area contributed by atoms with Gasteiger partial charge < -0.3 is 10.3 Å². The van der Waals surface area contributed by atoms with Gasteiger partial charge in [-0.15, -0.1) is 0 Å². The van der Waals surface area contributed by atoms with Gasteiger partial charge in [-0.3, -0.25) is 0 Å². The molecule has 134 valence electrons. The molecular formula is C20H39N3. The Labute approximate surface area is 144 Å². The van der Waals surface area contributed by atoms with Crippen molar-refractivity contribution in [1.82, 2.24) is 9.55 Å². The van der Waals surface area contributed by atoms with E-state index in [1.165, 1.54) is 89.9 Å². The van der Waals surface area contributed by atoms with E-state index in [0.717, 1.165) is 0 Å². The molecule has 1 atom stereocenters. The molecule has 1 heterocycles. The molecule has 2 N–H and O–H groups in total. The number of unbranched alkanes of at least 4 members (excludes halogenated alkanes) is 12. The van der Waals surface area contributed by atoms with Gasteiger partial charge in [0.2, 0.25) is 0 Å². The summed E-state index contributed by atoms with van der Waals surface area (Å²) in [6.07, 6.45) is 25.3. The molecule has 0 radical (unpaired) electrons. The summed E-state index contributed by atoms with van der Waals surface area (Å²) >= 11 is 0. The maximum atomic E-state index is 5.86. The molecular weight excluding hydrogens is 282 g/mol. The van der Waals surface area contributed by atoms with Crippen LogP contribution in [0.1, 0.15) is 103 Å². The van der Waals surface area contributed by atoms with Gasteiger partial charge in [0, 0.05) is 25.0 Å². The maximum absolute atomic E-state index is 5.86. The van der Waals surface area contributed by atoms with Crippen LogP contribution in [0.15, 0.2) is 18.7 Å². The molecule has 0 fully saturated rings. The Balaban J connectivity index is 1.83. The summed E-state index contributed by atoms with van der Waals surface area (Å²) < 4.78 is 2.15. The molecule has 0 aliphatic heterocycles. The third kappa shape index (κ3) is 10.5. The van der Waals surface area contributed by atoms with Crippen molar-refractivity contribution >= 4 is 0 Å². The summed E-state index contributed by atoms with van der Waals surface area (Å²) in [5.74, 6) is 0. The first kappa shape index (κ1) is 20.2. The monoisotopic (exact) mass is 321 g/mol. The highest BCUT2D eigenvalue weighted by Gasteiger charge is 2.07. The SMILES string of the molecule is CCCCCCCCCCCCCCCC(CN)n1ccnc1. The zero-order chi connectivity index (χ0) is 16.6. The topological polar surface area (TPSA) is 43.8 Å². The second kappa shape index (κ2) is 14.7. The molecule has 0 aliphatic rings. The lowest BCUT2D eigenvalue weighted by molar-refractivity contribution is 0.443. The van der Waals surface area contributed by atoms with E-state index in [2.05, 4.69) is 16.5 Å². The van der Waals surface area contributed by atoms with Crippen molar-refractivity contribution in [3.63, 3.8) is 0 Å². The second-order valence-corrected chi connectivity index (χ2v) is 6.93. The van der Waals surface area contributed by atoms with Crippen molar-refractivity contribution < 1.29 is 0 Å². The lowest BCUT2D eigenvalue weighted by Gasteiger charge is -2.15. The van der Waals surface area contributed by atoms with E-state index in [-0.39, 0.29) is 0 Å². The zero-order valence-corrected chi connectivity index (χ0v) is 15.4. The third-order valence-corrected chi connectivity index (χ3v) is 4.86. The summed E-state index contributed by atoms with van der Waals surface area (Å²) in [5, 5.41) is 0. The average Bonchev–Trinajstić information content (AvgIpc) is 3.09. The normalized spacial score (nSPS) is 12.6. The van der Waals surface area contributed by atoms with Gasteiger partial charge in [0.15, 0.2) is 0 Å². The molecule has 23 heavy (non-hydrogen) atoms. The standard InChI is InChI=1S/C20H39N3/c1-2-3-4-5-6-7-8-9-10-11-12-13-14-15-20(18-21)23-17-16-22-19-23/h16-17,19-20H,2-15,18,21H2,1H3. The Morgan fingerprint density at radius 1 is 0.826 bits per heavy atom. The number of nitrogens with zero attached hydrogens (tertiary/aromatic N) is 2. The van der Waals surface area contributed by atoms with E-state index in [1.807, 2.05) is 18.7 Å². The fourth-order valence-corrected chi connectivity index (χ4v) is 3.27. The Morgan fingerprint density at radius 3 is 1.78 bits per heavy atom. The lowest BCUT2D eigenvalue weighted by atomic mass is 10.0. The minimum absolute atomic E-state index is 0.435. The first-order valence-electron chi connectivity index (χ1n) is 10.1. The summed E-state index contributed by atoms with van der Waals surface area (Å²) in [6, 6.07) is 0.435. The van der Waals surface area contributed by atoms with Crippen LogP contribution in [-0.4, -0.2) is 16.1 Å². The summed E-state index contributed by atoms with van der Waals surface area (Å²) in [4.78, 5) is 4.11. The molecule has 0 saturated carbocycles. The van der Waals surface area contributed by atoms with Gasteiger partial charge in [0.1, 0.15) is 0 Å². The summed E-state index contributed by atoms with van der Waals surface area (Å²) in [7, 11) is 0. The van der Waals surface area contributed by atoms with Crippen LogP contribution in [0.4, 0.5) is 0 Å². The number of aromatic nitrogens is 2. The van der Waals surface area contributed by atoms with Crippen molar-refractivity contribution in [3.8, 4) is 0 Å². The smallest absolute Gasteiger partial charge is 0.0948 e. The zero-order valence-electron chi connectivity index (χ0n) is 15.4. The van der Waals surface area contributed by atoms with Gasteiger partial charge in [-0.1, -0.05) is 90.4 Å². The largest absolute Gasteiger partial charge is 0.333 e. The number of rotatable bonds is 16. The van der Waals surface area contributed by atoms with Gasteiger partial charge in [0.05, 0.1) is 6.33 Å². The molecule has 3 heteroatoms. The molecule has 0 spiro atoms. The van der Waals surface area contributed by atoms with Crippen molar-refractivity contribution in [1.29, 1.82) is 0 Å². The third-order valence-electron chi connectivity index (χ3n) is 4.86. The highest BCUT2D eigenvalue weighted by Crippen LogP contribution is 2.16. The fourth-order valence-electron chi connectivity index (χ4n) is 3.27. The maximum Gasteiger partial charge on any atom is 0.0948 e. The average molecular weight is 322 g/mol. The van der Waals surface area contributed by atoms with Crippen LogP contribution < -0.4 is 5.73 Å². The highest BCUT2D eigenvalue weighted by molar-refractivity contribution is 4.80. The summed E-state index contributed by atoms with van der Waals surface area (Å²) in [6.45, 7) is 3.00. The van der Waals surface area contributed by atoms with E-state index >= 15 is 0 Å². The molecule has 1 rings (SSSR count). The molecule has 0 bridgehead atoms. The molecule has 0 saturated heterocycles. The van der Waals surface area contributed by atoms with E-state index < -0.39 is 0 Å². The number of hydrogen-bond acceptors (Lipinski definition) is 2. The molecule has 1 aromatic rings. The van der Waals surface area contributed by atoms with Crippen LogP contribution in [0, 0.1) is 0 Å². The number of nitrogens with two attached hydrogens (primary N) is 1. The first-order chi connectivity index (χ1) is 11.4. The quantitative estimate of drug-likeness (QED) is 0.387. The van der Waals surface area contributed by atoms with Gasteiger partial charge in [-0.05, 0) is 6.42 Å². The van der Waals surface area contributed by atoms with Gasteiger partial charge in [-0.2, -0.15) is 0 Å². The minimum Gasteiger partial charge on any atom is -0.333 e. The van der Waals surface area contributed by atoms with Crippen LogP contribution in [0.5, 0.6) is 0 Å². The highest BCUT2D eigenvalue weighted by atomic mass is 15.1. The van der Waals surface area contributed by atoms with E-state index in [4.69, 9.17) is 5.73 Å². The minimum atomic E-state index is 0.435. The lowest BCUT2D eigenvalue weighted by Crippen LogP contribution is -2.18. The summed E-state index contributed by atoms with van der Waals surface area (Å²) in [5.41, 5.74) is 5.86. The van der Waals surface area contributed by atoms with Crippen LogP contribution in [0.2, 0.25) is 0 Å². The molecule has 0 amide bonds. The van der Waals surface area contributed by atoms with Gasteiger partial charge >= 0.3 is 0 Å². The van der Waals surface area contributed by atoms with E-state index in [1.54, 1.807) is 0 Å². The molecule has 1 aromatic heterocycles. The molecule has 0 aromatic carbocycles. The van der Waals surface area contributed by atoms with Crippen molar-refractivity contribution in [2.75, 3.05) is 6.54 Å². The first-order valence-corrected chi connectivity index (χ1v) is 10.1. The van der Waals surface area contributed by atoms with E-state index in [0.29, 0.717) is 12.6 Å². The Kier molecular flexibility index (Phi) is 13.0. The van der Waals surface area contributed by atoms with Crippen LogP contribution in [-0.2, 0) is 0 Å². The Morgan fingerprint density at radius 2 is 1.35 bits per heavy atom. The Hall–Kier alpha value is -0.830. The van der Waals surface area contributed by atoms with Crippen LogP contribution in [0.25, 0.3) is 0 Å². The molecule has 1 unspecified atom stereocenters. The van der Waals surface area contributed by atoms with Crippen molar-refractivity contribution in [2.45, 2.75) is 103 Å². The van der Waals surface area contributed by atoms with Gasteiger partial charge in [-0.25, -0.2) is 4.98 Å². The second-order valence-electron chi connectivity index (χ2n) is 6.93. The predicted molar refractivity (Wildman–Crippen MR) is 101 cm³/mol. The van der Waals surface area contributed by atoms with Crippen molar-refractivity contribution in [2.24, 2.45) is 5.73 Å². The van der Waals surface area contributed by atoms with Gasteiger partial charge in [0.25, 0.3) is 0 Å². The van der Waals surface area contributed by atoms with E-state index in [9.17, 15) is 0 Å². The predicted octanol–water partition coefficient (Wildman–Crippen LogP) is 5.86. The molecule has 0 aliphatic carbocycles. The van der Waals surface area contributed by atoms with Crippen molar-refractivity contribution in [3.05, 3.63) is 18.7 Å². The molecule has 3 nitrogen and oxygen atoms in total. The fraction of sp³-hybridized carbons (Fsp3) is 0.850. The number of hydrogen-bond donors (Lipinski definition) is 1. The number of imidazole rings is 1. The van der Waals surface area contributed by atoms with Crippen LogP contribution in [0.3, 0.4) is 0 Å². The Bertz CT molecular complexity index is 335.